The van der Waals surface area contributed by atoms with Gasteiger partial charge in [-0.2, -0.15) is 5.10 Å². The number of rotatable bonds is 9. The fourth-order valence-corrected chi connectivity index (χ4v) is 3.37. The van der Waals surface area contributed by atoms with Crippen molar-refractivity contribution in [1.82, 2.24) is 9.78 Å². The van der Waals surface area contributed by atoms with Gasteiger partial charge < -0.3 is 19.1 Å². The van der Waals surface area contributed by atoms with Gasteiger partial charge in [-0.15, -0.1) is 0 Å². The zero-order valence-electron chi connectivity index (χ0n) is 19.5. The minimum atomic E-state index is -0.533. The van der Waals surface area contributed by atoms with Gasteiger partial charge in [-0.05, 0) is 42.8 Å². The molecule has 0 atom stereocenters. The molecule has 0 aliphatic rings. The molecule has 3 aromatic carbocycles. The van der Waals surface area contributed by atoms with Crippen LogP contribution in [0.25, 0.3) is 5.69 Å². The lowest BCUT2D eigenvalue weighted by molar-refractivity contribution is 0.0130. The Morgan fingerprint density at radius 3 is 2.32 bits per heavy atom. The van der Waals surface area contributed by atoms with E-state index >= 15 is 0 Å². The maximum absolute atomic E-state index is 13.0. The zero-order chi connectivity index (χ0) is 23.9. The molecule has 0 N–H and O–H groups in total. The minimum absolute atomic E-state index is 0.263. The van der Waals surface area contributed by atoms with Crippen LogP contribution in [0.4, 0.5) is 5.69 Å². The molecule has 0 fully saturated rings. The van der Waals surface area contributed by atoms with Gasteiger partial charge in [-0.25, -0.2) is 9.48 Å². The summed E-state index contributed by atoms with van der Waals surface area (Å²) < 4.78 is 18.8. The Balaban J connectivity index is 1.47. The molecule has 7 heteroatoms. The molecule has 0 aliphatic carbocycles. The Morgan fingerprint density at radius 2 is 1.62 bits per heavy atom. The van der Waals surface area contributed by atoms with Crippen LogP contribution >= 0.6 is 0 Å². The highest BCUT2D eigenvalue weighted by Gasteiger charge is 2.17. The predicted molar refractivity (Wildman–Crippen MR) is 131 cm³/mol. The van der Waals surface area contributed by atoms with E-state index in [1.165, 1.54) is 0 Å². The first-order valence-corrected chi connectivity index (χ1v) is 10.9. The Hall–Kier alpha value is -4.26. The van der Waals surface area contributed by atoms with E-state index in [0.29, 0.717) is 23.8 Å². The van der Waals surface area contributed by atoms with E-state index in [4.69, 9.17) is 14.2 Å². The molecule has 0 aliphatic heterocycles. The van der Waals surface area contributed by atoms with Crippen molar-refractivity contribution in [2.24, 2.45) is 0 Å². The van der Waals surface area contributed by atoms with Crippen LogP contribution in [-0.2, 0) is 11.3 Å². The lowest BCUT2D eigenvalue weighted by atomic mass is 10.1. The summed E-state index contributed by atoms with van der Waals surface area (Å²) in [6.45, 7) is 1.96. The topological polar surface area (TPSA) is 65.8 Å². The molecule has 0 saturated heterocycles. The van der Waals surface area contributed by atoms with E-state index in [2.05, 4.69) is 5.10 Å². The van der Waals surface area contributed by atoms with Crippen LogP contribution in [-0.4, -0.2) is 36.6 Å². The highest BCUT2D eigenvalue weighted by Crippen LogP contribution is 2.26. The summed E-state index contributed by atoms with van der Waals surface area (Å²) in [5.41, 5.74) is 3.84. The molecular formula is C27H27N3O4. The van der Waals surface area contributed by atoms with Crippen molar-refractivity contribution in [3.63, 3.8) is 0 Å². The normalized spacial score (nSPS) is 10.6. The van der Waals surface area contributed by atoms with Crippen molar-refractivity contribution in [3.8, 4) is 17.3 Å². The van der Waals surface area contributed by atoms with E-state index in [1.54, 1.807) is 22.9 Å². The number of aromatic nitrogens is 2. The van der Waals surface area contributed by atoms with Crippen LogP contribution in [0.5, 0.6) is 11.6 Å². The number of ether oxygens (including phenoxy) is 3. The second-order valence-electron chi connectivity index (χ2n) is 7.91. The highest BCUT2D eigenvalue weighted by atomic mass is 16.7. The SMILES string of the molecule is Cc1cc(OCOC(=O)c2cc(N(C)C)ccc2OCc2ccccc2)n(-c2ccccc2)n1. The summed E-state index contributed by atoms with van der Waals surface area (Å²) in [5.74, 6) is 0.401. The molecule has 34 heavy (non-hydrogen) atoms. The largest absolute Gasteiger partial charge is 0.488 e. The Labute approximate surface area is 199 Å². The Morgan fingerprint density at radius 1 is 0.912 bits per heavy atom. The van der Waals surface area contributed by atoms with Crippen molar-refractivity contribution in [1.29, 1.82) is 0 Å². The van der Waals surface area contributed by atoms with Gasteiger partial charge in [-0.1, -0.05) is 48.5 Å². The lowest BCUT2D eigenvalue weighted by Gasteiger charge is -2.17. The average Bonchev–Trinajstić information content (AvgIpc) is 3.24. The quantitative estimate of drug-likeness (QED) is 0.260. The van der Waals surface area contributed by atoms with Crippen LogP contribution in [0.1, 0.15) is 21.6 Å². The van der Waals surface area contributed by atoms with Crippen LogP contribution < -0.4 is 14.4 Å². The first kappa shape index (κ1) is 22.9. The summed E-state index contributed by atoms with van der Waals surface area (Å²) in [5, 5.41) is 4.46. The smallest absolute Gasteiger partial charge is 0.344 e. The number of hydrogen-bond donors (Lipinski definition) is 0. The molecule has 0 saturated carbocycles. The van der Waals surface area contributed by atoms with Gasteiger partial charge in [-0.3, -0.25) is 0 Å². The molecule has 1 heterocycles. The van der Waals surface area contributed by atoms with E-state index in [9.17, 15) is 4.79 Å². The standard InChI is InChI=1S/C27H27N3O4/c1-20-16-26(30(28-20)22-12-8-5-9-13-22)33-19-34-27(31)24-17-23(29(2)3)14-15-25(24)32-18-21-10-6-4-7-11-21/h4-17H,18-19H2,1-3H3. The van der Waals surface area contributed by atoms with Crippen LogP contribution in [0.3, 0.4) is 0 Å². The number of carbonyl (C=O) groups excluding carboxylic acids is 1. The summed E-state index contributed by atoms with van der Waals surface area (Å²) in [7, 11) is 3.82. The molecular weight excluding hydrogens is 430 g/mol. The number of aryl methyl sites for hydroxylation is 1. The van der Waals surface area contributed by atoms with E-state index < -0.39 is 5.97 Å². The van der Waals surface area contributed by atoms with Crippen molar-refractivity contribution in [2.75, 3.05) is 25.8 Å². The van der Waals surface area contributed by atoms with Crippen LogP contribution in [0, 0.1) is 6.92 Å². The third-order valence-electron chi connectivity index (χ3n) is 5.13. The molecule has 7 nitrogen and oxygen atoms in total. The van der Waals surface area contributed by atoms with Crippen LogP contribution in [0.15, 0.2) is 84.9 Å². The van der Waals surface area contributed by atoms with E-state index in [-0.39, 0.29) is 6.79 Å². The number of benzene rings is 3. The zero-order valence-corrected chi connectivity index (χ0v) is 19.5. The van der Waals surface area contributed by atoms with Crippen molar-refractivity contribution in [3.05, 3.63) is 102 Å². The first-order chi connectivity index (χ1) is 16.5. The molecule has 174 valence electrons. The van der Waals surface area contributed by atoms with Gasteiger partial charge >= 0.3 is 5.97 Å². The Bertz CT molecular complexity index is 1240. The summed E-state index contributed by atoms with van der Waals surface area (Å²) >= 11 is 0. The number of para-hydroxylation sites is 1. The second kappa shape index (κ2) is 10.6. The van der Waals surface area contributed by atoms with Gasteiger partial charge in [0.2, 0.25) is 12.7 Å². The number of esters is 1. The molecule has 0 radical (unpaired) electrons. The summed E-state index contributed by atoms with van der Waals surface area (Å²) in [6, 6.07) is 26.6. The predicted octanol–water partition coefficient (Wildman–Crippen LogP) is 5.02. The van der Waals surface area contributed by atoms with Crippen molar-refractivity contribution < 1.29 is 19.0 Å². The number of hydrogen-bond acceptors (Lipinski definition) is 6. The van der Waals surface area contributed by atoms with E-state index in [1.807, 2.05) is 92.6 Å². The second-order valence-corrected chi connectivity index (χ2v) is 7.91. The first-order valence-electron chi connectivity index (χ1n) is 10.9. The molecule has 0 bridgehead atoms. The fraction of sp³-hybridized carbons (Fsp3) is 0.185. The molecule has 0 amide bonds. The molecule has 0 spiro atoms. The highest BCUT2D eigenvalue weighted by molar-refractivity contribution is 5.93. The monoisotopic (exact) mass is 457 g/mol. The van der Waals surface area contributed by atoms with Crippen LogP contribution in [0.2, 0.25) is 0 Å². The molecule has 4 aromatic rings. The molecule has 4 rings (SSSR count). The third kappa shape index (κ3) is 5.56. The van der Waals surface area contributed by atoms with Gasteiger partial charge in [0.25, 0.3) is 0 Å². The lowest BCUT2D eigenvalue weighted by Crippen LogP contribution is -2.15. The minimum Gasteiger partial charge on any atom is -0.488 e. The number of carbonyl (C=O) groups is 1. The van der Waals surface area contributed by atoms with Gasteiger partial charge in [0.05, 0.1) is 11.4 Å². The molecule has 0 unspecified atom stereocenters. The van der Waals surface area contributed by atoms with Crippen molar-refractivity contribution in [2.45, 2.75) is 13.5 Å². The average molecular weight is 458 g/mol. The van der Waals surface area contributed by atoms with Gasteiger partial charge in [0.15, 0.2) is 0 Å². The number of nitrogens with zero attached hydrogens (tertiary/aromatic N) is 3. The van der Waals surface area contributed by atoms with E-state index in [0.717, 1.165) is 22.6 Å². The maximum atomic E-state index is 13.0. The maximum Gasteiger partial charge on any atom is 0.344 e. The summed E-state index contributed by atoms with van der Waals surface area (Å²) in [6.07, 6.45) is 0. The third-order valence-corrected chi connectivity index (χ3v) is 5.13. The van der Waals surface area contributed by atoms with Crippen molar-refractivity contribution >= 4 is 11.7 Å². The van der Waals surface area contributed by atoms with Gasteiger partial charge in [0, 0.05) is 25.8 Å². The van der Waals surface area contributed by atoms with Gasteiger partial charge in [0.1, 0.15) is 17.9 Å². The Kier molecular flexibility index (Phi) is 7.13. The summed E-state index contributed by atoms with van der Waals surface area (Å²) in [4.78, 5) is 14.9. The number of anilines is 1. The fourth-order valence-electron chi connectivity index (χ4n) is 3.37. The molecule has 1 aromatic heterocycles.